The maximum Gasteiger partial charge on any atom is 0.358 e. The number of aromatic nitrogens is 2. The van der Waals surface area contributed by atoms with Crippen LogP contribution in [0.15, 0.2) is 12.1 Å². The predicted molar refractivity (Wildman–Crippen MR) is 84.7 cm³/mol. The summed E-state index contributed by atoms with van der Waals surface area (Å²) in [6, 6.07) is 2.38. The number of hydrogen-bond donors (Lipinski definition) is 1. The van der Waals surface area contributed by atoms with Crippen LogP contribution in [0.1, 0.15) is 10.5 Å². The number of carbonyl (C=O) groups excluding carboxylic acids is 1. The van der Waals surface area contributed by atoms with Crippen molar-refractivity contribution < 1.29 is 27.4 Å². The van der Waals surface area contributed by atoms with Crippen LogP contribution in [0.3, 0.4) is 0 Å². The van der Waals surface area contributed by atoms with Crippen LogP contribution in [0.4, 0.5) is 19.0 Å². The minimum absolute atomic E-state index is 0.225. The van der Waals surface area contributed by atoms with Crippen LogP contribution in [0.2, 0.25) is 10.0 Å². The van der Waals surface area contributed by atoms with Crippen LogP contribution in [-0.2, 0) is 4.74 Å². The molecule has 0 bridgehead atoms. The van der Waals surface area contributed by atoms with Crippen molar-refractivity contribution in [3.05, 3.63) is 33.7 Å². The molecular weight excluding hydrogens is 386 g/mol. The van der Waals surface area contributed by atoms with Crippen LogP contribution < -0.4 is 10.5 Å². The third-order valence-electron chi connectivity index (χ3n) is 2.90. The Morgan fingerprint density at radius 2 is 2.00 bits per heavy atom. The van der Waals surface area contributed by atoms with E-state index in [1.807, 2.05) is 0 Å². The summed E-state index contributed by atoms with van der Waals surface area (Å²) in [7, 11) is 1.09. The number of anilines is 1. The van der Waals surface area contributed by atoms with E-state index in [-0.39, 0.29) is 32.9 Å². The highest BCUT2D eigenvalue weighted by atomic mass is 35.5. The van der Waals surface area contributed by atoms with Gasteiger partial charge in [-0.1, -0.05) is 23.2 Å². The molecule has 25 heavy (non-hydrogen) atoms. The zero-order valence-electron chi connectivity index (χ0n) is 12.5. The van der Waals surface area contributed by atoms with Gasteiger partial charge in [0.15, 0.2) is 23.1 Å². The molecule has 0 aliphatic heterocycles. The van der Waals surface area contributed by atoms with Gasteiger partial charge < -0.3 is 15.2 Å². The van der Waals surface area contributed by atoms with E-state index in [0.29, 0.717) is 0 Å². The number of esters is 1. The van der Waals surface area contributed by atoms with Gasteiger partial charge in [0, 0.05) is 0 Å². The van der Waals surface area contributed by atoms with Gasteiger partial charge >= 0.3 is 5.97 Å². The molecule has 6 nitrogen and oxygen atoms in total. The smallest absolute Gasteiger partial charge is 0.358 e. The van der Waals surface area contributed by atoms with Gasteiger partial charge in [-0.3, -0.25) is 0 Å². The van der Waals surface area contributed by atoms with Crippen LogP contribution in [0.25, 0.3) is 11.4 Å². The molecule has 0 aliphatic rings. The third-order valence-corrected chi connectivity index (χ3v) is 3.57. The SMILES string of the molecule is COC(=O)c1nc(-c2ccc(Cl)c(OCC(F)F)c2F)nc(N)c1Cl. The van der Waals surface area contributed by atoms with Gasteiger partial charge in [0.2, 0.25) is 0 Å². The number of hydrogen-bond acceptors (Lipinski definition) is 6. The third kappa shape index (κ3) is 4.05. The molecule has 0 spiro atoms. The molecular formula is C14H10Cl2F3N3O3. The average Bonchev–Trinajstić information content (AvgIpc) is 2.56. The zero-order valence-corrected chi connectivity index (χ0v) is 14.0. The fourth-order valence-electron chi connectivity index (χ4n) is 1.80. The van der Waals surface area contributed by atoms with E-state index in [9.17, 15) is 18.0 Å². The minimum Gasteiger partial charge on any atom is -0.483 e. The summed E-state index contributed by atoms with van der Waals surface area (Å²) in [5.74, 6) is -3.22. The highest BCUT2D eigenvalue weighted by Gasteiger charge is 2.23. The van der Waals surface area contributed by atoms with Crippen molar-refractivity contribution in [3.8, 4) is 17.1 Å². The number of rotatable bonds is 5. The van der Waals surface area contributed by atoms with Crippen molar-refractivity contribution in [2.45, 2.75) is 6.43 Å². The predicted octanol–water partition coefficient (Wildman–Crippen LogP) is 3.60. The largest absolute Gasteiger partial charge is 0.483 e. The lowest BCUT2D eigenvalue weighted by Gasteiger charge is -2.12. The van der Waals surface area contributed by atoms with Crippen molar-refractivity contribution in [3.63, 3.8) is 0 Å². The van der Waals surface area contributed by atoms with Gasteiger partial charge in [-0.15, -0.1) is 0 Å². The Bertz CT molecular complexity index is 822. The number of nitrogen functional groups attached to an aromatic ring is 1. The van der Waals surface area contributed by atoms with E-state index in [1.54, 1.807) is 0 Å². The molecule has 0 saturated carbocycles. The number of alkyl halides is 2. The monoisotopic (exact) mass is 395 g/mol. The Morgan fingerprint density at radius 3 is 2.60 bits per heavy atom. The zero-order chi connectivity index (χ0) is 18.7. The number of ether oxygens (including phenoxy) is 2. The van der Waals surface area contributed by atoms with Gasteiger partial charge in [0.1, 0.15) is 17.4 Å². The molecule has 0 fully saturated rings. The van der Waals surface area contributed by atoms with Crippen LogP contribution in [0.5, 0.6) is 5.75 Å². The number of halogens is 5. The Kier molecular flexibility index (Phi) is 5.91. The van der Waals surface area contributed by atoms with E-state index >= 15 is 0 Å². The Hall–Kier alpha value is -2.26. The summed E-state index contributed by atoms with van der Waals surface area (Å²) in [5.41, 5.74) is 4.94. The van der Waals surface area contributed by atoms with Gasteiger partial charge in [-0.2, -0.15) is 0 Å². The number of methoxy groups -OCH3 is 1. The molecule has 2 rings (SSSR count). The fraction of sp³-hybridized carbons (Fsp3) is 0.214. The maximum absolute atomic E-state index is 14.6. The summed E-state index contributed by atoms with van der Waals surface area (Å²) in [6.45, 7) is -1.06. The molecule has 0 saturated heterocycles. The molecule has 0 amide bonds. The first-order valence-corrected chi connectivity index (χ1v) is 7.32. The maximum atomic E-state index is 14.6. The molecule has 0 radical (unpaired) electrons. The van der Waals surface area contributed by atoms with Gasteiger partial charge in [-0.25, -0.2) is 27.9 Å². The second-order valence-corrected chi connectivity index (χ2v) is 5.31. The number of carbonyl (C=O) groups is 1. The number of benzene rings is 1. The van der Waals surface area contributed by atoms with Crippen molar-refractivity contribution in [1.82, 2.24) is 9.97 Å². The summed E-state index contributed by atoms with van der Waals surface area (Å²) in [6.07, 6.45) is -2.83. The quantitative estimate of drug-likeness (QED) is 0.778. The van der Waals surface area contributed by atoms with E-state index in [4.69, 9.17) is 28.9 Å². The molecule has 2 N–H and O–H groups in total. The van der Waals surface area contributed by atoms with Crippen molar-refractivity contribution in [1.29, 1.82) is 0 Å². The first-order valence-electron chi connectivity index (χ1n) is 6.56. The molecule has 0 unspecified atom stereocenters. The molecule has 2 aromatic rings. The molecule has 1 aromatic heterocycles. The lowest BCUT2D eigenvalue weighted by molar-refractivity contribution is 0.0594. The number of nitrogens with two attached hydrogens (primary N) is 1. The lowest BCUT2D eigenvalue weighted by atomic mass is 10.1. The van der Waals surface area contributed by atoms with E-state index in [2.05, 4.69) is 19.4 Å². The van der Waals surface area contributed by atoms with E-state index < -0.39 is 30.6 Å². The standard InChI is InChI=1S/C14H10Cl2F3N3O3/c1-24-14(23)10-8(16)12(20)22-13(21-10)5-2-3-6(15)11(9(5)19)25-4-7(17)18/h2-3,7H,4H2,1H3,(H2,20,21,22). The van der Waals surface area contributed by atoms with Crippen molar-refractivity contribution >= 4 is 35.0 Å². The second-order valence-electron chi connectivity index (χ2n) is 4.53. The van der Waals surface area contributed by atoms with Gasteiger partial charge in [0.25, 0.3) is 6.43 Å². The van der Waals surface area contributed by atoms with Crippen LogP contribution >= 0.6 is 23.2 Å². The first-order chi connectivity index (χ1) is 11.8. The average molecular weight is 396 g/mol. The van der Waals surface area contributed by atoms with Gasteiger partial charge in [-0.05, 0) is 12.1 Å². The summed E-state index contributed by atoms with van der Waals surface area (Å²) < 4.78 is 48.4. The van der Waals surface area contributed by atoms with E-state index in [1.165, 1.54) is 12.1 Å². The lowest BCUT2D eigenvalue weighted by Crippen LogP contribution is -2.11. The van der Waals surface area contributed by atoms with Crippen molar-refractivity contribution in [2.24, 2.45) is 0 Å². The minimum atomic E-state index is -2.83. The normalized spacial score (nSPS) is 10.8. The topological polar surface area (TPSA) is 87.3 Å². The number of nitrogens with zero attached hydrogens (tertiary/aromatic N) is 2. The molecule has 1 aromatic carbocycles. The Morgan fingerprint density at radius 1 is 1.32 bits per heavy atom. The van der Waals surface area contributed by atoms with E-state index in [0.717, 1.165) is 7.11 Å². The first kappa shape index (κ1) is 19.1. The molecule has 11 heteroatoms. The van der Waals surface area contributed by atoms with Crippen LogP contribution in [0, 0.1) is 5.82 Å². The molecule has 0 atom stereocenters. The Balaban J connectivity index is 2.57. The molecule has 0 aliphatic carbocycles. The summed E-state index contributed by atoms with van der Waals surface area (Å²) in [5, 5.41) is -0.490. The van der Waals surface area contributed by atoms with Crippen LogP contribution in [-0.4, -0.2) is 36.1 Å². The second kappa shape index (κ2) is 7.75. The summed E-state index contributed by atoms with van der Waals surface area (Å²) >= 11 is 11.6. The van der Waals surface area contributed by atoms with Gasteiger partial charge in [0.05, 0.1) is 17.7 Å². The molecule has 1 heterocycles. The molecule has 134 valence electrons. The summed E-state index contributed by atoms with van der Waals surface area (Å²) in [4.78, 5) is 19.3. The fourth-order valence-corrected chi connectivity index (χ4v) is 2.16. The highest BCUT2D eigenvalue weighted by molar-refractivity contribution is 6.35. The van der Waals surface area contributed by atoms with Crippen molar-refractivity contribution in [2.75, 3.05) is 19.5 Å². The Labute approximate surface area is 149 Å². The highest BCUT2D eigenvalue weighted by Crippen LogP contribution is 2.35.